The smallest absolute Gasteiger partial charge is 0.336 e. The lowest BCUT2D eigenvalue weighted by molar-refractivity contribution is 0.0687. The van der Waals surface area contributed by atoms with E-state index in [4.69, 9.17) is 0 Å². The Kier molecular flexibility index (Phi) is 4.65. The number of aromatic carboxylic acids is 2. The number of thiophene rings is 1. The summed E-state index contributed by atoms with van der Waals surface area (Å²) >= 11 is 1.30. The molecule has 0 saturated carbocycles. The van der Waals surface area contributed by atoms with Crippen LogP contribution in [-0.4, -0.2) is 42.4 Å². The predicted octanol–water partition coefficient (Wildman–Crippen LogP) is 3.67. The number of aryl methyl sites for hydroxylation is 1. The fourth-order valence-corrected chi connectivity index (χ4v) is 4.33. The van der Waals surface area contributed by atoms with Crippen LogP contribution in [0.15, 0.2) is 54.6 Å². The van der Waals surface area contributed by atoms with E-state index in [1.54, 1.807) is 49.5 Å². The molecule has 0 aliphatic rings. The van der Waals surface area contributed by atoms with Crippen molar-refractivity contribution in [1.82, 2.24) is 20.2 Å². The molecule has 2 aromatic heterocycles. The zero-order chi connectivity index (χ0) is 20.5. The van der Waals surface area contributed by atoms with E-state index in [9.17, 15) is 19.8 Å². The third-order valence-corrected chi connectivity index (χ3v) is 5.62. The molecule has 4 aromatic rings. The van der Waals surface area contributed by atoms with Crippen molar-refractivity contribution in [2.24, 2.45) is 7.05 Å². The van der Waals surface area contributed by atoms with E-state index < -0.39 is 11.9 Å². The normalized spacial score (nSPS) is 10.8. The summed E-state index contributed by atoms with van der Waals surface area (Å²) in [6.07, 6.45) is 0. The average molecular weight is 406 g/mol. The number of nitrogens with zero attached hydrogens (tertiary/aromatic N) is 4. The van der Waals surface area contributed by atoms with Crippen LogP contribution in [0.1, 0.15) is 20.7 Å². The molecule has 8 nitrogen and oxygen atoms in total. The molecule has 0 bridgehead atoms. The van der Waals surface area contributed by atoms with Crippen molar-refractivity contribution in [1.29, 1.82) is 0 Å². The fourth-order valence-electron chi connectivity index (χ4n) is 3.10. The first-order valence-electron chi connectivity index (χ1n) is 8.49. The second-order valence-corrected chi connectivity index (χ2v) is 7.23. The largest absolute Gasteiger partial charge is 0.478 e. The van der Waals surface area contributed by atoms with E-state index in [1.807, 2.05) is 0 Å². The van der Waals surface area contributed by atoms with Crippen molar-refractivity contribution >= 4 is 23.3 Å². The molecule has 2 aromatic carbocycles. The van der Waals surface area contributed by atoms with Gasteiger partial charge in [-0.2, -0.15) is 0 Å². The first kappa shape index (κ1) is 18.5. The van der Waals surface area contributed by atoms with Gasteiger partial charge in [0.05, 0.1) is 11.1 Å². The molecule has 0 saturated heterocycles. The third-order valence-electron chi connectivity index (χ3n) is 4.42. The molecule has 0 atom stereocenters. The summed E-state index contributed by atoms with van der Waals surface area (Å²) in [6, 6.07) is 15.1. The van der Waals surface area contributed by atoms with Crippen LogP contribution >= 0.6 is 11.3 Å². The highest BCUT2D eigenvalue weighted by atomic mass is 32.1. The summed E-state index contributed by atoms with van der Waals surface area (Å²) in [5, 5.41) is 30.8. The SMILES string of the molecule is Cn1nnnc1-c1cc(-c2ccccc2C(=O)O)sc1-c1ccccc1C(=O)O. The highest BCUT2D eigenvalue weighted by Gasteiger charge is 2.23. The summed E-state index contributed by atoms with van der Waals surface area (Å²) in [7, 11) is 1.69. The Hall–Kier alpha value is -3.85. The molecule has 0 radical (unpaired) electrons. The maximum atomic E-state index is 11.8. The zero-order valence-electron chi connectivity index (χ0n) is 15.1. The molecule has 2 N–H and O–H groups in total. The predicted molar refractivity (Wildman–Crippen MR) is 107 cm³/mol. The zero-order valence-corrected chi connectivity index (χ0v) is 15.9. The summed E-state index contributed by atoms with van der Waals surface area (Å²) in [6.45, 7) is 0. The second kappa shape index (κ2) is 7.28. The van der Waals surface area contributed by atoms with Crippen LogP contribution < -0.4 is 0 Å². The Morgan fingerprint density at radius 2 is 1.48 bits per heavy atom. The minimum absolute atomic E-state index is 0.142. The van der Waals surface area contributed by atoms with Crippen LogP contribution in [-0.2, 0) is 7.05 Å². The third kappa shape index (κ3) is 3.27. The Balaban J connectivity index is 2.01. The van der Waals surface area contributed by atoms with Crippen LogP contribution in [0.3, 0.4) is 0 Å². The molecule has 9 heteroatoms. The van der Waals surface area contributed by atoms with Crippen molar-refractivity contribution in [3.63, 3.8) is 0 Å². The molecule has 0 fully saturated rings. The highest BCUT2D eigenvalue weighted by molar-refractivity contribution is 7.19. The number of hydrogen-bond donors (Lipinski definition) is 2. The van der Waals surface area contributed by atoms with Gasteiger partial charge in [-0.15, -0.1) is 16.4 Å². The lowest BCUT2D eigenvalue weighted by atomic mass is 10.0. The quantitative estimate of drug-likeness (QED) is 0.519. The average Bonchev–Trinajstić information content (AvgIpc) is 3.33. The maximum Gasteiger partial charge on any atom is 0.336 e. The number of tetrazole rings is 1. The Bertz CT molecular complexity index is 1240. The molecule has 2 heterocycles. The van der Waals surface area contributed by atoms with Gasteiger partial charge in [0.1, 0.15) is 0 Å². The minimum atomic E-state index is -1.05. The van der Waals surface area contributed by atoms with Gasteiger partial charge in [0.2, 0.25) is 0 Å². The molecule has 0 spiro atoms. The number of benzene rings is 2. The molecule has 0 amide bonds. The van der Waals surface area contributed by atoms with E-state index in [2.05, 4.69) is 15.5 Å². The van der Waals surface area contributed by atoms with Crippen molar-refractivity contribution in [3.8, 4) is 32.3 Å². The van der Waals surface area contributed by atoms with Gasteiger partial charge >= 0.3 is 11.9 Å². The lowest BCUT2D eigenvalue weighted by Crippen LogP contribution is -2.00. The van der Waals surface area contributed by atoms with Gasteiger partial charge in [-0.05, 0) is 28.6 Å². The first-order chi connectivity index (χ1) is 14.0. The molecule has 144 valence electrons. The number of carbonyl (C=O) groups is 2. The Morgan fingerprint density at radius 3 is 2.07 bits per heavy atom. The van der Waals surface area contributed by atoms with E-state index in [-0.39, 0.29) is 11.1 Å². The number of hydrogen-bond acceptors (Lipinski definition) is 6. The molecule has 29 heavy (non-hydrogen) atoms. The summed E-state index contributed by atoms with van der Waals surface area (Å²) < 4.78 is 1.49. The molecule has 0 aliphatic carbocycles. The van der Waals surface area contributed by atoms with E-state index in [1.165, 1.54) is 28.2 Å². The van der Waals surface area contributed by atoms with Crippen LogP contribution in [0.2, 0.25) is 0 Å². The van der Waals surface area contributed by atoms with Gasteiger partial charge in [-0.1, -0.05) is 36.4 Å². The van der Waals surface area contributed by atoms with Gasteiger partial charge < -0.3 is 10.2 Å². The van der Waals surface area contributed by atoms with Gasteiger partial charge in [-0.25, -0.2) is 14.3 Å². The topological polar surface area (TPSA) is 118 Å². The number of aromatic nitrogens is 4. The fraction of sp³-hybridized carbons (Fsp3) is 0.0500. The van der Waals surface area contributed by atoms with Crippen molar-refractivity contribution in [2.75, 3.05) is 0 Å². The second-order valence-electron chi connectivity index (χ2n) is 6.18. The van der Waals surface area contributed by atoms with E-state index in [0.29, 0.717) is 32.3 Å². The number of carboxylic acids is 2. The number of carboxylic acid groups (broad SMARTS) is 2. The molecule has 0 unspecified atom stereocenters. The lowest BCUT2D eigenvalue weighted by Gasteiger charge is -2.06. The standard InChI is InChI=1S/C20H14N4O4S/c1-24-18(21-22-23-24)15-10-16(11-6-2-4-8-13(11)19(25)26)29-17(15)12-7-3-5-9-14(12)20(27)28/h2-10H,1H3,(H,25,26)(H,27,28). The summed E-state index contributed by atoms with van der Waals surface area (Å²) in [5.41, 5.74) is 1.99. The van der Waals surface area contributed by atoms with Crippen LogP contribution in [0.25, 0.3) is 32.3 Å². The summed E-state index contributed by atoms with van der Waals surface area (Å²) in [5.74, 6) is -1.64. The van der Waals surface area contributed by atoms with Gasteiger partial charge in [0, 0.05) is 33.5 Å². The van der Waals surface area contributed by atoms with Gasteiger partial charge in [-0.3, -0.25) is 0 Å². The summed E-state index contributed by atoms with van der Waals surface area (Å²) in [4.78, 5) is 24.8. The Labute approximate surface area is 168 Å². The molecule has 4 rings (SSSR count). The molecule has 0 aliphatic heterocycles. The molecular formula is C20H14N4O4S. The van der Waals surface area contributed by atoms with Gasteiger partial charge in [0.15, 0.2) is 5.82 Å². The van der Waals surface area contributed by atoms with Crippen molar-refractivity contribution < 1.29 is 19.8 Å². The highest BCUT2D eigenvalue weighted by Crippen LogP contribution is 2.44. The van der Waals surface area contributed by atoms with Gasteiger partial charge in [0.25, 0.3) is 0 Å². The Morgan fingerprint density at radius 1 is 0.897 bits per heavy atom. The molecular weight excluding hydrogens is 392 g/mol. The number of rotatable bonds is 5. The minimum Gasteiger partial charge on any atom is -0.478 e. The first-order valence-corrected chi connectivity index (χ1v) is 9.31. The van der Waals surface area contributed by atoms with Crippen LogP contribution in [0.4, 0.5) is 0 Å². The monoisotopic (exact) mass is 406 g/mol. The van der Waals surface area contributed by atoms with E-state index >= 15 is 0 Å². The van der Waals surface area contributed by atoms with Crippen molar-refractivity contribution in [2.45, 2.75) is 0 Å². The van der Waals surface area contributed by atoms with Crippen molar-refractivity contribution in [3.05, 3.63) is 65.7 Å². The maximum absolute atomic E-state index is 11.8. The van der Waals surface area contributed by atoms with Crippen LogP contribution in [0.5, 0.6) is 0 Å². The van der Waals surface area contributed by atoms with E-state index in [0.717, 1.165) is 0 Å². The van der Waals surface area contributed by atoms with Crippen LogP contribution in [0, 0.1) is 0 Å².